The fourth-order valence-corrected chi connectivity index (χ4v) is 3.64. The van der Waals surface area contributed by atoms with Gasteiger partial charge in [0.1, 0.15) is 0 Å². The molecule has 1 aromatic rings. The van der Waals surface area contributed by atoms with Crippen LogP contribution in [-0.2, 0) is 10.0 Å². The normalized spacial score (nSPS) is 21.9. The van der Waals surface area contributed by atoms with E-state index in [1.165, 1.54) is 10.4 Å². The molecule has 1 aliphatic heterocycles. The summed E-state index contributed by atoms with van der Waals surface area (Å²) < 4.78 is 25.9. The third-order valence-corrected chi connectivity index (χ3v) is 5.24. The van der Waals surface area contributed by atoms with Gasteiger partial charge in [0.25, 0.3) is 0 Å². The highest BCUT2D eigenvalue weighted by molar-refractivity contribution is 7.89. The average molecular weight is 275 g/mol. The smallest absolute Gasteiger partial charge is 0.243 e. The van der Waals surface area contributed by atoms with E-state index in [0.717, 1.165) is 5.56 Å². The van der Waals surface area contributed by atoms with Crippen LogP contribution in [0.4, 0.5) is 0 Å². The average Bonchev–Trinajstić information content (AvgIpc) is 2.69. The molecule has 0 bridgehead atoms. The van der Waals surface area contributed by atoms with Gasteiger partial charge in [-0.25, -0.2) is 8.42 Å². The lowest BCUT2D eigenvalue weighted by atomic mass is 10.2. The standard InChI is InChI=1S/C11H15ClN2O2S/c1-8-2-3-10(6-11(8)12)17(15,16)14-5-4-9(13)7-14/h2-3,6,9H,4-5,7,13H2,1H3/t9-/m1/s1. The summed E-state index contributed by atoms with van der Waals surface area (Å²) in [5, 5.41) is 0.467. The maximum absolute atomic E-state index is 12.3. The molecule has 0 amide bonds. The quantitative estimate of drug-likeness (QED) is 0.886. The Hall–Kier alpha value is -0.620. The Morgan fingerprint density at radius 2 is 2.18 bits per heavy atom. The zero-order valence-electron chi connectivity index (χ0n) is 9.56. The lowest BCUT2D eigenvalue weighted by Crippen LogP contribution is -2.31. The molecule has 0 unspecified atom stereocenters. The van der Waals surface area contributed by atoms with Gasteiger partial charge in [0.05, 0.1) is 4.90 Å². The first-order valence-corrected chi connectivity index (χ1v) is 7.25. The number of halogens is 1. The fourth-order valence-electron chi connectivity index (χ4n) is 1.86. The van der Waals surface area contributed by atoms with Gasteiger partial charge >= 0.3 is 0 Å². The van der Waals surface area contributed by atoms with Crippen molar-refractivity contribution in [1.82, 2.24) is 4.31 Å². The van der Waals surface area contributed by atoms with Crippen molar-refractivity contribution in [2.75, 3.05) is 13.1 Å². The van der Waals surface area contributed by atoms with Gasteiger partial charge in [-0.3, -0.25) is 0 Å². The summed E-state index contributed by atoms with van der Waals surface area (Å²) in [7, 11) is -3.44. The maximum Gasteiger partial charge on any atom is 0.243 e. The van der Waals surface area contributed by atoms with Gasteiger partial charge in [0, 0.05) is 24.2 Å². The second-order valence-electron chi connectivity index (χ2n) is 4.32. The molecule has 1 atom stereocenters. The van der Waals surface area contributed by atoms with Gasteiger partial charge < -0.3 is 5.73 Å². The van der Waals surface area contributed by atoms with Gasteiger partial charge in [-0.1, -0.05) is 17.7 Å². The van der Waals surface area contributed by atoms with Gasteiger partial charge in [-0.15, -0.1) is 0 Å². The number of rotatable bonds is 2. The third kappa shape index (κ3) is 2.47. The second kappa shape index (κ2) is 4.57. The highest BCUT2D eigenvalue weighted by Gasteiger charge is 2.30. The van der Waals surface area contributed by atoms with Gasteiger partial charge in [-0.05, 0) is 31.0 Å². The van der Waals surface area contributed by atoms with Crippen molar-refractivity contribution in [3.63, 3.8) is 0 Å². The van der Waals surface area contributed by atoms with E-state index in [9.17, 15) is 8.42 Å². The molecule has 0 saturated carbocycles. The molecule has 1 heterocycles. The zero-order chi connectivity index (χ0) is 12.6. The Bertz CT molecular complexity index is 530. The predicted octanol–water partition coefficient (Wildman–Crippen LogP) is 1.37. The van der Waals surface area contributed by atoms with Crippen molar-refractivity contribution < 1.29 is 8.42 Å². The minimum absolute atomic E-state index is 0.0642. The van der Waals surface area contributed by atoms with Crippen LogP contribution in [0, 0.1) is 6.92 Å². The second-order valence-corrected chi connectivity index (χ2v) is 6.67. The molecule has 1 fully saturated rings. The highest BCUT2D eigenvalue weighted by atomic mass is 35.5. The van der Waals surface area contributed by atoms with E-state index in [2.05, 4.69) is 0 Å². The molecule has 0 spiro atoms. The lowest BCUT2D eigenvalue weighted by molar-refractivity contribution is 0.472. The largest absolute Gasteiger partial charge is 0.326 e. The monoisotopic (exact) mass is 274 g/mol. The molecule has 0 aromatic heterocycles. The first-order valence-electron chi connectivity index (χ1n) is 5.43. The number of hydrogen-bond acceptors (Lipinski definition) is 3. The molecule has 1 aromatic carbocycles. The van der Waals surface area contributed by atoms with Crippen molar-refractivity contribution in [2.24, 2.45) is 5.73 Å². The van der Waals surface area contributed by atoms with E-state index in [-0.39, 0.29) is 10.9 Å². The van der Waals surface area contributed by atoms with Crippen molar-refractivity contribution >= 4 is 21.6 Å². The number of nitrogens with two attached hydrogens (primary N) is 1. The van der Waals surface area contributed by atoms with Crippen LogP contribution < -0.4 is 5.73 Å². The van der Waals surface area contributed by atoms with Crippen LogP contribution in [0.3, 0.4) is 0 Å². The maximum atomic E-state index is 12.3. The molecule has 1 aliphatic rings. The Balaban J connectivity index is 2.35. The topological polar surface area (TPSA) is 63.4 Å². The number of sulfonamides is 1. The first kappa shape index (κ1) is 12.8. The SMILES string of the molecule is Cc1ccc(S(=O)(=O)N2CC[C@@H](N)C2)cc1Cl. The zero-order valence-corrected chi connectivity index (χ0v) is 11.1. The molecular formula is C11H15ClN2O2S. The molecule has 2 rings (SSSR count). The molecule has 6 heteroatoms. The Kier molecular flexibility index (Phi) is 3.45. The number of nitrogens with zero attached hydrogens (tertiary/aromatic N) is 1. The van der Waals surface area contributed by atoms with Crippen LogP contribution in [0.15, 0.2) is 23.1 Å². The Labute approximate surface area is 106 Å². The van der Waals surface area contributed by atoms with Crippen LogP contribution in [0.2, 0.25) is 5.02 Å². The van der Waals surface area contributed by atoms with E-state index in [1.54, 1.807) is 12.1 Å². The molecule has 1 saturated heterocycles. The summed E-state index contributed by atoms with van der Waals surface area (Å²) in [4.78, 5) is 0.238. The van der Waals surface area contributed by atoms with Crippen LogP contribution in [0.5, 0.6) is 0 Å². The fraction of sp³-hybridized carbons (Fsp3) is 0.455. The van der Waals surface area contributed by atoms with Gasteiger partial charge in [0.2, 0.25) is 10.0 Å². The Morgan fingerprint density at radius 3 is 2.71 bits per heavy atom. The van der Waals surface area contributed by atoms with E-state index in [1.807, 2.05) is 6.92 Å². The van der Waals surface area contributed by atoms with E-state index in [0.29, 0.717) is 24.5 Å². The van der Waals surface area contributed by atoms with Crippen molar-refractivity contribution in [2.45, 2.75) is 24.3 Å². The van der Waals surface area contributed by atoms with E-state index in [4.69, 9.17) is 17.3 Å². The molecular weight excluding hydrogens is 260 g/mol. The van der Waals surface area contributed by atoms with Crippen LogP contribution >= 0.6 is 11.6 Å². The summed E-state index contributed by atoms with van der Waals surface area (Å²) in [6.07, 6.45) is 0.707. The predicted molar refractivity (Wildman–Crippen MR) is 67.5 cm³/mol. The number of benzene rings is 1. The summed E-state index contributed by atoms with van der Waals surface area (Å²) in [5.74, 6) is 0. The van der Waals surface area contributed by atoms with Gasteiger partial charge in [-0.2, -0.15) is 4.31 Å². The molecule has 94 valence electrons. The summed E-state index contributed by atoms with van der Waals surface area (Å²) in [6.45, 7) is 2.70. The van der Waals surface area contributed by atoms with Crippen molar-refractivity contribution in [3.8, 4) is 0 Å². The highest BCUT2D eigenvalue weighted by Crippen LogP contribution is 2.24. The summed E-state index contributed by atoms with van der Waals surface area (Å²) >= 11 is 5.95. The van der Waals surface area contributed by atoms with Crippen LogP contribution in [0.25, 0.3) is 0 Å². The summed E-state index contributed by atoms with van der Waals surface area (Å²) in [5.41, 5.74) is 6.59. The molecule has 0 radical (unpaired) electrons. The number of aryl methyl sites for hydroxylation is 1. The molecule has 4 nitrogen and oxygen atoms in total. The van der Waals surface area contributed by atoms with Crippen LogP contribution in [-0.4, -0.2) is 31.9 Å². The third-order valence-electron chi connectivity index (χ3n) is 2.97. The van der Waals surface area contributed by atoms with E-state index < -0.39 is 10.0 Å². The molecule has 17 heavy (non-hydrogen) atoms. The van der Waals surface area contributed by atoms with Crippen molar-refractivity contribution in [1.29, 1.82) is 0 Å². The van der Waals surface area contributed by atoms with Crippen molar-refractivity contribution in [3.05, 3.63) is 28.8 Å². The lowest BCUT2D eigenvalue weighted by Gasteiger charge is -2.16. The minimum atomic E-state index is -3.44. The minimum Gasteiger partial charge on any atom is -0.326 e. The summed E-state index contributed by atoms with van der Waals surface area (Å²) in [6, 6.07) is 4.73. The van der Waals surface area contributed by atoms with E-state index >= 15 is 0 Å². The molecule has 0 aliphatic carbocycles. The first-order chi connectivity index (χ1) is 7.91. The van der Waals surface area contributed by atoms with Crippen LogP contribution in [0.1, 0.15) is 12.0 Å². The number of hydrogen-bond donors (Lipinski definition) is 1. The Morgan fingerprint density at radius 1 is 1.47 bits per heavy atom. The van der Waals surface area contributed by atoms with Gasteiger partial charge in [0.15, 0.2) is 0 Å². The molecule has 2 N–H and O–H groups in total.